The predicted molar refractivity (Wildman–Crippen MR) is 68.5 cm³/mol. The highest BCUT2D eigenvalue weighted by Crippen LogP contribution is 2.36. The molecule has 0 atom stereocenters. The van der Waals surface area contributed by atoms with Crippen molar-refractivity contribution in [2.24, 2.45) is 0 Å². The van der Waals surface area contributed by atoms with Gasteiger partial charge in [-0.3, -0.25) is 0 Å². The number of nitrogens with zero attached hydrogens (tertiary/aromatic N) is 1. The molecule has 6 heteroatoms. The summed E-state index contributed by atoms with van der Waals surface area (Å²) in [4.78, 5) is 15.7. The molecule has 0 bridgehead atoms. The molecular weight excluding hydrogens is 248 g/mol. The van der Waals surface area contributed by atoms with Crippen molar-refractivity contribution in [1.82, 2.24) is 4.98 Å². The van der Waals surface area contributed by atoms with Crippen molar-refractivity contribution in [1.29, 1.82) is 0 Å². The van der Waals surface area contributed by atoms with Crippen molar-refractivity contribution in [3.8, 4) is 11.5 Å². The lowest BCUT2D eigenvalue weighted by molar-refractivity contribution is 0.0594. The van der Waals surface area contributed by atoms with E-state index in [0.29, 0.717) is 35.9 Å². The molecule has 6 nitrogen and oxygen atoms in total. The Morgan fingerprint density at radius 3 is 2.63 bits per heavy atom. The second-order valence-corrected chi connectivity index (χ2v) is 4.10. The molecule has 98 valence electrons. The highest BCUT2D eigenvalue weighted by molar-refractivity contribution is 5.98. The van der Waals surface area contributed by atoms with Crippen LogP contribution >= 0.6 is 0 Å². The maximum absolute atomic E-state index is 11.5. The largest absolute Gasteiger partial charge is 0.486 e. The SMILES string of the molecule is COC(=O)c1cc(N)c2cc3c(cc2n1)OCCO3. The molecule has 0 saturated carbocycles. The fourth-order valence-electron chi connectivity index (χ4n) is 2.00. The van der Waals surface area contributed by atoms with Gasteiger partial charge in [-0.25, -0.2) is 9.78 Å². The fourth-order valence-corrected chi connectivity index (χ4v) is 2.00. The number of benzene rings is 1. The highest BCUT2D eigenvalue weighted by atomic mass is 16.6. The average molecular weight is 260 g/mol. The van der Waals surface area contributed by atoms with Gasteiger partial charge in [0.25, 0.3) is 0 Å². The second-order valence-electron chi connectivity index (χ2n) is 4.10. The van der Waals surface area contributed by atoms with E-state index in [4.69, 9.17) is 15.2 Å². The molecule has 1 aromatic heterocycles. The van der Waals surface area contributed by atoms with Crippen LogP contribution in [0.15, 0.2) is 18.2 Å². The zero-order chi connectivity index (χ0) is 13.4. The molecule has 0 fully saturated rings. The minimum Gasteiger partial charge on any atom is -0.486 e. The van der Waals surface area contributed by atoms with Crippen molar-refractivity contribution in [2.75, 3.05) is 26.1 Å². The van der Waals surface area contributed by atoms with Gasteiger partial charge < -0.3 is 19.9 Å². The standard InChI is InChI=1S/C13H12N2O4/c1-17-13(16)10-5-8(14)7-4-11-12(6-9(7)15-10)19-3-2-18-11/h4-6H,2-3H2,1H3,(H2,14,15). The quantitative estimate of drug-likeness (QED) is 0.780. The summed E-state index contributed by atoms with van der Waals surface area (Å²) in [5.41, 5.74) is 7.13. The number of methoxy groups -OCH3 is 1. The lowest BCUT2D eigenvalue weighted by atomic mass is 10.1. The van der Waals surface area contributed by atoms with Gasteiger partial charge in [-0.2, -0.15) is 0 Å². The maximum Gasteiger partial charge on any atom is 0.356 e. The van der Waals surface area contributed by atoms with E-state index in [2.05, 4.69) is 9.72 Å². The van der Waals surface area contributed by atoms with E-state index in [9.17, 15) is 4.79 Å². The molecule has 0 unspecified atom stereocenters. The van der Waals surface area contributed by atoms with Gasteiger partial charge in [-0.05, 0) is 12.1 Å². The van der Waals surface area contributed by atoms with E-state index >= 15 is 0 Å². The number of pyridine rings is 1. The number of nitrogens with two attached hydrogens (primary N) is 1. The van der Waals surface area contributed by atoms with E-state index in [1.165, 1.54) is 13.2 Å². The van der Waals surface area contributed by atoms with Gasteiger partial charge in [0, 0.05) is 17.1 Å². The number of nitrogen functional groups attached to an aromatic ring is 1. The van der Waals surface area contributed by atoms with Crippen LogP contribution in [-0.4, -0.2) is 31.3 Å². The predicted octanol–water partition coefficient (Wildman–Crippen LogP) is 1.37. The van der Waals surface area contributed by atoms with Crippen LogP contribution < -0.4 is 15.2 Å². The lowest BCUT2D eigenvalue weighted by Crippen LogP contribution is -2.15. The van der Waals surface area contributed by atoms with Crippen molar-refractivity contribution < 1.29 is 19.0 Å². The first-order chi connectivity index (χ1) is 9.19. The van der Waals surface area contributed by atoms with Gasteiger partial charge >= 0.3 is 5.97 Å². The third-order valence-electron chi connectivity index (χ3n) is 2.90. The minimum atomic E-state index is -0.525. The number of esters is 1. The van der Waals surface area contributed by atoms with Crippen LogP contribution in [0.1, 0.15) is 10.5 Å². The molecule has 0 amide bonds. The smallest absolute Gasteiger partial charge is 0.356 e. The number of fused-ring (bicyclic) bond motifs is 2. The molecule has 2 heterocycles. The third-order valence-corrected chi connectivity index (χ3v) is 2.90. The maximum atomic E-state index is 11.5. The van der Waals surface area contributed by atoms with Crippen LogP contribution in [0.2, 0.25) is 0 Å². The third kappa shape index (κ3) is 1.91. The Kier molecular flexibility index (Phi) is 2.63. The van der Waals surface area contributed by atoms with Gasteiger partial charge in [0.1, 0.15) is 13.2 Å². The van der Waals surface area contributed by atoms with Crippen molar-refractivity contribution >= 4 is 22.6 Å². The summed E-state index contributed by atoms with van der Waals surface area (Å²) in [6.07, 6.45) is 0. The van der Waals surface area contributed by atoms with Gasteiger partial charge in [-0.1, -0.05) is 0 Å². The van der Waals surface area contributed by atoms with Crippen LogP contribution in [-0.2, 0) is 4.74 Å². The van der Waals surface area contributed by atoms with E-state index < -0.39 is 5.97 Å². The minimum absolute atomic E-state index is 0.171. The average Bonchev–Trinajstić information content (AvgIpc) is 2.44. The number of carbonyl (C=O) groups excluding carboxylic acids is 1. The highest BCUT2D eigenvalue weighted by Gasteiger charge is 2.17. The molecule has 0 radical (unpaired) electrons. The van der Waals surface area contributed by atoms with E-state index in [-0.39, 0.29) is 5.69 Å². The van der Waals surface area contributed by atoms with Gasteiger partial charge in [0.05, 0.1) is 12.6 Å². The van der Waals surface area contributed by atoms with Crippen LogP contribution in [0, 0.1) is 0 Å². The monoisotopic (exact) mass is 260 g/mol. The fraction of sp³-hybridized carbons (Fsp3) is 0.231. The first kappa shape index (κ1) is 11.6. The Bertz CT molecular complexity index is 669. The van der Waals surface area contributed by atoms with Crippen molar-refractivity contribution in [2.45, 2.75) is 0 Å². The van der Waals surface area contributed by atoms with Crippen LogP contribution in [0.5, 0.6) is 11.5 Å². The van der Waals surface area contributed by atoms with E-state index in [1.54, 1.807) is 12.1 Å². The van der Waals surface area contributed by atoms with Crippen molar-refractivity contribution in [3.05, 3.63) is 23.9 Å². The summed E-state index contributed by atoms with van der Waals surface area (Å²) >= 11 is 0. The van der Waals surface area contributed by atoms with Gasteiger partial charge in [-0.15, -0.1) is 0 Å². The number of carbonyl (C=O) groups is 1. The van der Waals surface area contributed by atoms with Crippen LogP contribution in [0.4, 0.5) is 5.69 Å². The van der Waals surface area contributed by atoms with Crippen molar-refractivity contribution in [3.63, 3.8) is 0 Å². The molecular formula is C13H12N2O4. The Hall–Kier alpha value is -2.50. The Morgan fingerprint density at radius 1 is 1.26 bits per heavy atom. The van der Waals surface area contributed by atoms with E-state index in [0.717, 1.165) is 5.39 Å². The second kappa shape index (κ2) is 4.31. The number of anilines is 1. The van der Waals surface area contributed by atoms with Gasteiger partial charge in [0.2, 0.25) is 0 Å². The molecule has 0 aliphatic carbocycles. The molecule has 2 N–H and O–H groups in total. The number of aromatic nitrogens is 1. The Morgan fingerprint density at radius 2 is 1.95 bits per heavy atom. The van der Waals surface area contributed by atoms with Crippen LogP contribution in [0.25, 0.3) is 10.9 Å². The van der Waals surface area contributed by atoms with Crippen LogP contribution in [0.3, 0.4) is 0 Å². The molecule has 0 saturated heterocycles. The molecule has 3 rings (SSSR count). The zero-order valence-corrected chi connectivity index (χ0v) is 10.3. The Balaban J connectivity index is 2.21. The normalized spacial score (nSPS) is 13.3. The molecule has 1 aliphatic heterocycles. The summed E-state index contributed by atoms with van der Waals surface area (Å²) in [5.74, 6) is 0.717. The number of ether oxygens (including phenoxy) is 3. The molecule has 1 aromatic carbocycles. The van der Waals surface area contributed by atoms with Gasteiger partial charge in [0.15, 0.2) is 17.2 Å². The number of hydrogen-bond donors (Lipinski definition) is 1. The summed E-state index contributed by atoms with van der Waals surface area (Å²) in [5, 5.41) is 0.719. The molecule has 2 aromatic rings. The summed E-state index contributed by atoms with van der Waals surface area (Å²) in [6, 6.07) is 4.98. The summed E-state index contributed by atoms with van der Waals surface area (Å²) in [6.45, 7) is 0.997. The molecule has 0 spiro atoms. The number of hydrogen-bond acceptors (Lipinski definition) is 6. The summed E-state index contributed by atoms with van der Waals surface area (Å²) < 4.78 is 15.6. The first-order valence-electron chi connectivity index (χ1n) is 5.77. The number of rotatable bonds is 1. The molecule has 19 heavy (non-hydrogen) atoms. The zero-order valence-electron chi connectivity index (χ0n) is 10.3. The molecule has 1 aliphatic rings. The lowest BCUT2D eigenvalue weighted by Gasteiger charge is -2.19. The first-order valence-corrected chi connectivity index (χ1v) is 5.77. The summed E-state index contributed by atoms with van der Waals surface area (Å²) in [7, 11) is 1.30. The van der Waals surface area contributed by atoms with E-state index in [1.807, 2.05) is 0 Å². The Labute approximate surface area is 109 Å². The topological polar surface area (TPSA) is 83.7 Å².